The summed E-state index contributed by atoms with van der Waals surface area (Å²) in [5, 5.41) is 13.8. The lowest BCUT2D eigenvalue weighted by Gasteiger charge is -2.47. The Balaban J connectivity index is 1.27. The molecule has 0 radical (unpaired) electrons. The lowest BCUT2D eigenvalue weighted by molar-refractivity contribution is 0.0254. The molecule has 0 aliphatic carbocycles. The van der Waals surface area contributed by atoms with Crippen LogP contribution >= 0.6 is 0 Å². The van der Waals surface area contributed by atoms with Crippen molar-refractivity contribution >= 4 is 17.5 Å². The largest absolute Gasteiger partial charge is 0.488 e. The van der Waals surface area contributed by atoms with Crippen molar-refractivity contribution in [2.45, 2.75) is 76.1 Å². The maximum atomic E-state index is 15.4. The Hall–Kier alpha value is -3.65. The maximum absolute atomic E-state index is 15.4. The van der Waals surface area contributed by atoms with Crippen LogP contribution in [-0.2, 0) is 11.8 Å². The van der Waals surface area contributed by atoms with Crippen LogP contribution in [-0.4, -0.2) is 78.1 Å². The van der Waals surface area contributed by atoms with Gasteiger partial charge in [-0.2, -0.15) is 14.3 Å². The third-order valence-corrected chi connectivity index (χ3v) is 8.25. The first-order chi connectivity index (χ1) is 19.7. The van der Waals surface area contributed by atoms with E-state index >= 15 is 4.39 Å². The van der Waals surface area contributed by atoms with E-state index in [1.165, 1.54) is 25.6 Å². The van der Waals surface area contributed by atoms with Gasteiger partial charge in [0.05, 0.1) is 25.1 Å². The molecule has 3 aromatic rings. The molecule has 0 spiro atoms. The number of benzene rings is 1. The summed E-state index contributed by atoms with van der Waals surface area (Å²) in [5.74, 6) is -1.05. The minimum atomic E-state index is -0.662. The van der Waals surface area contributed by atoms with Crippen molar-refractivity contribution in [3.8, 4) is 11.4 Å². The molecule has 0 saturated carbocycles. The molecule has 3 aliphatic rings. The molecule has 3 fully saturated rings. The first-order valence-electron chi connectivity index (χ1n) is 14.1. The van der Waals surface area contributed by atoms with Crippen molar-refractivity contribution in [2.24, 2.45) is 7.05 Å². The van der Waals surface area contributed by atoms with E-state index in [1.807, 2.05) is 0 Å². The summed E-state index contributed by atoms with van der Waals surface area (Å²) in [4.78, 5) is 23.6. The highest BCUT2D eigenvalue weighted by molar-refractivity contribution is 5.63. The molecule has 2 atom stereocenters. The second-order valence-electron chi connectivity index (χ2n) is 11.6. The number of aromatic nitrogens is 6. The van der Waals surface area contributed by atoms with Crippen LogP contribution in [0.1, 0.15) is 52.4 Å². The number of piperidine rings is 1. The summed E-state index contributed by atoms with van der Waals surface area (Å²) in [6, 6.07) is 3.07. The number of ether oxygens (including phenoxy) is 2. The highest BCUT2D eigenvalue weighted by atomic mass is 19.1. The normalized spacial score (nSPS) is 22.9. The number of nitrogens with one attached hydrogen (secondary N) is 2. The molecule has 6 rings (SSSR count). The van der Waals surface area contributed by atoms with Crippen LogP contribution in [0.15, 0.2) is 23.1 Å². The minimum absolute atomic E-state index is 0.000836. The monoisotopic (exact) mass is 571 g/mol. The van der Waals surface area contributed by atoms with Gasteiger partial charge in [-0.1, -0.05) is 0 Å². The first-order valence-corrected chi connectivity index (χ1v) is 14.1. The Morgan fingerprint density at radius 2 is 1.93 bits per heavy atom. The summed E-state index contributed by atoms with van der Waals surface area (Å²) < 4.78 is 43.8. The van der Waals surface area contributed by atoms with E-state index in [9.17, 15) is 9.18 Å². The first kappa shape index (κ1) is 27.5. The molecule has 220 valence electrons. The van der Waals surface area contributed by atoms with Crippen molar-refractivity contribution in [1.29, 1.82) is 0 Å². The van der Waals surface area contributed by atoms with Crippen LogP contribution in [0.5, 0.6) is 5.75 Å². The summed E-state index contributed by atoms with van der Waals surface area (Å²) >= 11 is 0. The lowest BCUT2D eigenvalue weighted by Crippen LogP contribution is -2.55. The highest BCUT2D eigenvalue weighted by Crippen LogP contribution is 2.39. The number of halogens is 2. The van der Waals surface area contributed by atoms with Crippen molar-refractivity contribution in [1.82, 2.24) is 34.7 Å². The smallest absolute Gasteiger partial charge is 0.368 e. The Morgan fingerprint density at radius 1 is 1.12 bits per heavy atom. The summed E-state index contributed by atoms with van der Waals surface area (Å²) in [7, 11) is 1.46. The third kappa shape index (κ3) is 5.62. The summed E-state index contributed by atoms with van der Waals surface area (Å²) in [6.07, 6.45) is 6.16. The molecule has 0 unspecified atom stereocenters. The fourth-order valence-corrected chi connectivity index (χ4v) is 6.30. The van der Waals surface area contributed by atoms with E-state index in [2.05, 4.69) is 49.8 Å². The number of rotatable bonds is 7. The van der Waals surface area contributed by atoms with Gasteiger partial charge in [0.2, 0.25) is 5.95 Å². The van der Waals surface area contributed by atoms with Crippen LogP contribution < -0.4 is 21.1 Å². The second kappa shape index (κ2) is 11.0. The van der Waals surface area contributed by atoms with Gasteiger partial charge in [-0.25, -0.2) is 18.6 Å². The molecule has 1 aromatic carbocycles. The highest BCUT2D eigenvalue weighted by Gasteiger charge is 2.43. The zero-order valence-electron chi connectivity index (χ0n) is 23.4. The van der Waals surface area contributed by atoms with Crippen LogP contribution in [0.4, 0.5) is 26.2 Å². The van der Waals surface area contributed by atoms with E-state index in [0.717, 1.165) is 41.4 Å². The zero-order chi connectivity index (χ0) is 28.7. The number of tetrazole rings is 1. The predicted octanol–water partition coefficient (Wildman–Crippen LogP) is 3.15. The fraction of sp³-hybridized carbons (Fsp3) is 0.593. The molecule has 2 aromatic heterocycles. The SMILES string of the molecule is Cn1nnn(-c2cc(Nc3ncc(F)c(N[C@@H]4C[C@@H]5CCCN5C(C)(C)C4)n3)c(F)cc2OC2CCOCC2)c1=O. The standard InChI is InChI=1S/C27H35F2N9O3/c1-27(2)14-16(11-17-5-4-8-37(17)27)31-24-20(29)15-30-25(33-24)32-21-13-22(38-26(39)36(3)34-35-38)23(12-19(21)28)41-18-6-9-40-10-7-18/h12-13,15-18H,4-11,14H2,1-3H3,(H2,30,31,32,33)/t16-,17+/m1/s1. The van der Waals surface area contributed by atoms with Gasteiger partial charge in [0, 0.05) is 43.6 Å². The number of hydrogen-bond acceptors (Lipinski definition) is 10. The Labute approximate surface area is 236 Å². The Kier molecular flexibility index (Phi) is 7.36. The van der Waals surface area contributed by atoms with Crippen LogP contribution in [0.2, 0.25) is 0 Å². The number of nitrogens with zero attached hydrogens (tertiary/aromatic N) is 7. The number of aryl methyl sites for hydroxylation is 1. The number of fused-ring (bicyclic) bond motifs is 1. The zero-order valence-corrected chi connectivity index (χ0v) is 23.4. The second-order valence-corrected chi connectivity index (χ2v) is 11.6. The molecule has 3 aliphatic heterocycles. The summed E-state index contributed by atoms with van der Waals surface area (Å²) in [5.41, 5.74) is -0.367. The average molecular weight is 572 g/mol. The Bertz CT molecular complexity index is 1470. The molecule has 2 N–H and O–H groups in total. The molecular formula is C27H35F2N9O3. The quantitative estimate of drug-likeness (QED) is 0.437. The maximum Gasteiger partial charge on any atom is 0.368 e. The molecular weight excluding hydrogens is 536 g/mol. The molecule has 0 bridgehead atoms. The van der Waals surface area contributed by atoms with Gasteiger partial charge in [0.1, 0.15) is 17.5 Å². The molecule has 5 heterocycles. The van der Waals surface area contributed by atoms with Gasteiger partial charge in [-0.05, 0) is 62.6 Å². The van der Waals surface area contributed by atoms with Crippen LogP contribution in [0.3, 0.4) is 0 Å². The predicted molar refractivity (Wildman–Crippen MR) is 147 cm³/mol. The van der Waals surface area contributed by atoms with Crippen LogP contribution in [0, 0.1) is 11.6 Å². The molecule has 41 heavy (non-hydrogen) atoms. The summed E-state index contributed by atoms with van der Waals surface area (Å²) in [6.45, 7) is 6.60. The molecule has 14 heteroatoms. The molecule has 12 nitrogen and oxygen atoms in total. The van der Waals surface area contributed by atoms with Crippen molar-refractivity contribution in [2.75, 3.05) is 30.4 Å². The average Bonchev–Trinajstić information content (AvgIpc) is 3.55. The molecule has 0 amide bonds. The van der Waals surface area contributed by atoms with E-state index in [0.29, 0.717) is 32.1 Å². The van der Waals surface area contributed by atoms with E-state index in [-0.39, 0.29) is 46.6 Å². The fourth-order valence-electron chi connectivity index (χ4n) is 6.30. The van der Waals surface area contributed by atoms with Crippen molar-refractivity contribution in [3.63, 3.8) is 0 Å². The molecule has 3 saturated heterocycles. The van der Waals surface area contributed by atoms with E-state index < -0.39 is 17.3 Å². The van der Waals surface area contributed by atoms with Gasteiger partial charge in [0.15, 0.2) is 17.5 Å². The van der Waals surface area contributed by atoms with Gasteiger partial charge < -0.3 is 20.1 Å². The topological polar surface area (TPSA) is 124 Å². The van der Waals surface area contributed by atoms with E-state index in [1.54, 1.807) is 0 Å². The van der Waals surface area contributed by atoms with Gasteiger partial charge >= 0.3 is 5.69 Å². The number of hydrogen-bond donors (Lipinski definition) is 2. The van der Waals surface area contributed by atoms with E-state index in [4.69, 9.17) is 9.47 Å². The lowest BCUT2D eigenvalue weighted by atomic mass is 9.84. The van der Waals surface area contributed by atoms with Gasteiger partial charge in [-0.15, -0.1) is 0 Å². The van der Waals surface area contributed by atoms with Crippen LogP contribution in [0.25, 0.3) is 5.69 Å². The van der Waals surface area contributed by atoms with Gasteiger partial charge in [0.25, 0.3) is 0 Å². The van der Waals surface area contributed by atoms with Crippen molar-refractivity contribution < 1.29 is 18.3 Å². The number of anilines is 3. The van der Waals surface area contributed by atoms with Gasteiger partial charge in [-0.3, -0.25) is 4.90 Å². The third-order valence-electron chi connectivity index (χ3n) is 8.25. The Morgan fingerprint density at radius 3 is 2.68 bits per heavy atom. The minimum Gasteiger partial charge on any atom is -0.488 e. The van der Waals surface area contributed by atoms with Crippen molar-refractivity contribution in [3.05, 3.63) is 40.4 Å².